The van der Waals surface area contributed by atoms with Gasteiger partial charge >= 0.3 is 21.3 Å². The lowest BCUT2D eigenvalue weighted by atomic mass is 10.3. The van der Waals surface area contributed by atoms with Crippen LogP contribution in [0.15, 0.2) is 111 Å². The molecule has 0 unspecified atom stereocenters. The van der Waals surface area contributed by atoms with Gasteiger partial charge in [-0.2, -0.15) is 17.2 Å². The Bertz CT molecular complexity index is 1220. The van der Waals surface area contributed by atoms with Crippen LogP contribution in [0.4, 0.5) is 13.2 Å². The summed E-state index contributed by atoms with van der Waals surface area (Å²) in [7, 11) is -8.76. The van der Waals surface area contributed by atoms with E-state index in [1.807, 2.05) is 0 Å². The number of esters is 1. The van der Waals surface area contributed by atoms with Crippen LogP contribution in [0.3, 0.4) is 0 Å². The molecule has 0 fully saturated rings. The van der Waals surface area contributed by atoms with Crippen LogP contribution in [0.25, 0.3) is 0 Å². The second-order valence-corrected chi connectivity index (χ2v) is 11.4. The second kappa shape index (κ2) is 9.42. The zero-order valence-electron chi connectivity index (χ0n) is 17.0. The first-order chi connectivity index (χ1) is 15.5. The molecule has 0 heterocycles. The molecule has 5 nitrogen and oxygen atoms in total. The van der Waals surface area contributed by atoms with Gasteiger partial charge in [0.05, 0.1) is 4.91 Å². The van der Waals surface area contributed by atoms with Crippen molar-refractivity contribution in [2.75, 3.05) is 6.61 Å². The van der Waals surface area contributed by atoms with Gasteiger partial charge in [0.1, 0.15) is 5.82 Å². The first-order valence-corrected chi connectivity index (χ1v) is 12.5. The SMILES string of the molecule is C=C(C(=O)OCC(F)(F)S(=O)(=O)O)S(c1ccccc1)(c1ccccc1)c1ccccc1F. The molecule has 33 heavy (non-hydrogen) atoms. The van der Waals surface area contributed by atoms with Crippen LogP contribution in [-0.4, -0.2) is 30.8 Å². The van der Waals surface area contributed by atoms with E-state index in [4.69, 9.17) is 4.55 Å². The lowest BCUT2D eigenvalue weighted by molar-refractivity contribution is -0.144. The summed E-state index contributed by atoms with van der Waals surface area (Å²) in [5.74, 6) is -2.01. The van der Waals surface area contributed by atoms with E-state index in [1.165, 1.54) is 18.2 Å². The van der Waals surface area contributed by atoms with Gasteiger partial charge in [-0.1, -0.05) is 55.1 Å². The van der Waals surface area contributed by atoms with Crippen LogP contribution in [-0.2, 0) is 19.6 Å². The minimum Gasteiger partial charge on any atom is -0.454 e. The van der Waals surface area contributed by atoms with Gasteiger partial charge in [-0.3, -0.25) is 4.55 Å². The molecule has 0 aliphatic heterocycles. The molecular formula is C23H19F3O5S2. The molecule has 3 aromatic carbocycles. The number of ether oxygens (including phenoxy) is 1. The maximum atomic E-state index is 15.2. The maximum Gasteiger partial charge on any atom is 0.402 e. The van der Waals surface area contributed by atoms with Crippen molar-refractivity contribution in [3.8, 4) is 0 Å². The Balaban J connectivity index is 2.22. The van der Waals surface area contributed by atoms with Gasteiger partial charge in [0.2, 0.25) is 0 Å². The molecule has 3 aromatic rings. The molecule has 3 rings (SSSR count). The smallest absolute Gasteiger partial charge is 0.402 e. The van der Waals surface area contributed by atoms with E-state index in [-0.39, 0.29) is 9.80 Å². The zero-order valence-corrected chi connectivity index (χ0v) is 18.7. The number of carbonyl (C=O) groups excluding carboxylic acids is 1. The van der Waals surface area contributed by atoms with Crippen LogP contribution in [0.5, 0.6) is 0 Å². The molecule has 0 saturated heterocycles. The summed E-state index contributed by atoms with van der Waals surface area (Å²) in [6, 6.07) is 22.4. The van der Waals surface area contributed by atoms with Gasteiger partial charge in [0, 0.05) is 14.7 Å². The predicted molar refractivity (Wildman–Crippen MR) is 118 cm³/mol. The molecule has 0 spiro atoms. The number of hydrogen-bond acceptors (Lipinski definition) is 4. The van der Waals surface area contributed by atoms with Gasteiger partial charge < -0.3 is 4.74 Å². The number of rotatable bonds is 8. The number of hydrogen-bond donors (Lipinski definition) is 1. The minimum absolute atomic E-state index is 0.0888. The Hall–Kier alpha value is -3.08. The third-order valence-corrected chi connectivity index (χ3v) is 9.43. The fourth-order valence-corrected chi connectivity index (χ4v) is 7.08. The Morgan fingerprint density at radius 3 is 1.79 bits per heavy atom. The summed E-state index contributed by atoms with van der Waals surface area (Å²) < 4.78 is 77.6. The average Bonchev–Trinajstić information content (AvgIpc) is 2.79. The molecule has 0 amide bonds. The molecule has 0 aliphatic carbocycles. The van der Waals surface area contributed by atoms with E-state index >= 15 is 4.39 Å². The predicted octanol–water partition coefficient (Wildman–Crippen LogP) is 5.64. The number of halogens is 3. The van der Waals surface area contributed by atoms with Crippen LogP contribution in [0, 0.1) is 5.82 Å². The van der Waals surface area contributed by atoms with Crippen LogP contribution >= 0.6 is 10.0 Å². The normalized spacial score (nSPS) is 12.7. The summed E-state index contributed by atoms with van der Waals surface area (Å²) >= 11 is 0. The fraction of sp³-hybridized carbons (Fsp3) is 0.0870. The second-order valence-electron chi connectivity index (χ2n) is 6.78. The summed E-state index contributed by atoms with van der Waals surface area (Å²) in [5.41, 5.74) is 0. The molecule has 10 heteroatoms. The number of carbonyl (C=O) groups is 1. The topological polar surface area (TPSA) is 80.7 Å². The molecule has 0 bridgehead atoms. The monoisotopic (exact) mass is 496 g/mol. The van der Waals surface area contributed by atoms with Gasteiger partial charge in [-0.15, -0.1) is 10.0 Å². The Labute approximate surface area is 190 Å². The zero-order chi connectivity index (χ0) is 24.3. The third-order valence-electron chi connectivity index (χ3n) is 4.71. The highest BCUT2D eigenvalue weighted by Crippen LogP contribution is 2.73. The molecule has 1 N–H and O–H groups in total. The summed E-state index contributed by atoms with van der Waals surface area (Å²) in [6.07, 6.45) is 0. The van der Waals surface area contributed by atoms with Crippen molar-refractivity contribution in [3.05, 3.63) is 102 Å². The van der Waals surface area contributed by atoms with Crippen molar-refractivity contribution >= 4 is 26.1 Å². The van der Waals surface area contributed by atoms with E-state index in [0.717, 1.165) is 0 Å². The maximum absolute atomic E-state index is 15.2. The lowest BCUT2D eigenvalue weighted by Crippen LogP contribution is -2.35. The molecule has 0 aromatic heterocycles. The molecule has 0 saturated carbocycles. The van der Waals surface area contributed by atoms with Crippen molar-refractivity contribution in [2.45, 2.75) is 19.9 Å². The quantitative estimate of drug-likeness (QED) is 0.248. The van der Waals surface area contributed by atoms with E-state index < -0.39 is 43.8 Å². The number of alkyl halides is 2. The van der Waals surface area contributed by atoms with Crippen molar-refractivity contribution < 1.29 is 35.7 Å². The Kier molecular flexibility index (Phi) is 7.01. The van der Waals surface area contributed by atoms with Crippen molar-refractivity contribution in [3.63, 3.8) is 0 Å². The van der Waals surface area contributed by atoms with E-state index in [1.54, 1.807) is 66.7 Å². The Morgan fingerprint density at radius 2 is 1.33 bits per heavy atom. The first-order valence-electron chi connectivity index (χ1n) is 9.41. The van der Waals surface area contributed by atoms with Crippen LogP contribution < -0.4 is 0 Å². The van der Waals surface area contributed by atoms with Crippen molar-refractivity contribution in [1.29, 1.82) is 0 Å². The van der Waals surface area contributed by atoms with Gasteiger partial charge in [0.25, 0.3) is 0 Å². The highest BCUT2D eigenvalue weighted by molar-refractivity contribution is 8.37. The van der Waals surface area contributed by atoms with Crippen LogP contribution in [0.1, 0.15) is 0 Å². The first kappa shape index (κ1) is 24.6. The lowest BCUT2D eigenvalue weighted by Gasteiger charge is -2.42. The average molecular weight is 497 g/mol. The third kappa shape index (κ3) is 4.68. The van der Waals surface area contributed by atoms with Crippen molar-refractivity contribution in [2.24, 2.45) is 0 Å². The summed E-state index contributed by atoms with van der Waals surface area (Å²) in [4.78, 5) is 13.7. The Morgan fingerprint density at radius 1 is 0.879 bits per heavy atom. The molecule has 0 atom stereocenters. The highest BCUT2D eigenvalue weighted by Gasteiger charge is 2.47. The van der Waals surface area contributed by atoms with Gasteiger partial charge in [-0.25, -0.2) is 9.18 Å². The van der Waals surface area contributed by atoms with Crippen molar-refractivity contribution in [1.82, 2.24) is 0 Å². The largest absolute Gasteiger partial charge is 0.454 e. The molecular weight excluding hydrogens is 477 g/mol. The van der Waals surface area contributed by atoms with Gasteiger partial charge in [0.15, 0.2) is 6.61 Å². The molecule has 174 valence electrons. The van der Waals surface area contributed by atoms with Gasteiger partial charge in [-0.05, 0) is 36.4 Å². The summed E-state index contributed by atoms with van der Waals surface area (Å²) in [5, 5.41) is -4.72. The molecule has 0 aliphatic rings. The minimum atomic E-state index is -5.82. The van der Waals surface area contributed by atoms with Crippen LogP contribution in [0.2, 0.25) is 0 Å². The highest BCUT2D eigenvalue weighted by atomic mass is 32.3. The standard InChI is InChI=1S/C23H19F3O5S2/c1-17(22(27)31-16-23(25,26)33(28,29)30)32(18-10-4-2-5-11-18,19-12-6-3-7-13-19)21-15-9-8-14-20(21)24/h2-15H,1,16H2,(H,28,29,30). The molecule has 0 radical (unpaired) electrons. The van der Waals surface area contributed by atoms with E-state index in [9.17, 15) is 22.0 Å². The summed E-state index contributed by atoms with van der Waals surface area (Å²) in [6.45, 7) is 1.87. The van der Waals surface area contributed by atoms with E-state index in [0.29, 0.717) is 9.79 Å². The number of benzene rings is 3. The fourth-order valence-electron chi connectivity index (χ4n) is 3.18. The van der Waals surface area contributed by atoms with E-state index in [2.05, 4.69) is 11.3 Å².